The van der Waals surface area contributed by atoms with Crippen molar-refractivity contribution in [2.75, 3.05) is 18.4 Å². The van der Waals surface area contributed by atoms with E-state index in [1.807, 2.05) is 0 Å². The fourth-order valence-electron chi connectivity index (χ4n) is 2.83. The first-order valence-corrected chi connectivity index (χ1v) is 9.49. The largest absolute Gasteiger partial charge is 0.328 e. The van der Waals surface area contributed by atoms with Crippen LogP contribution in [-0.4, -0.2) is 37.8 Å². The summed E-state index contributed by atoms with van der Waals surface area (Å²) in [6.45, 7) is 0.860. The predicted molar refractivity (Wildman–Crippen MR) is 94.3 cm³/mol. The first kappa shape index (κ1) is 18.7. The van der Waals surface area contributed by atoms with Crippen LogP contribution in [0.3, 0.4) is 0 Å². The maximum absolute atomic E-state index is 12.8. The lowest BCUT2D eigenvalue weighted by Gasteiger charge is -2.30. The van der Waals surface area contributed by atoms with Gasteiger partial charge in [0.25, 0.3) is 0 Å². The molecule has 23 heavy (non-hydrogen) atoms. The van der Waals surface area contributed by atoms with Gasteiger partial charge in [0.1, 0.15) is 0 Å². The number of nitrogens with zero attached hydrogens (tertiary/aromatic N) is 1. The molecule has 2 aliphatic rings. The zero-order chi connectivity index (χ0) is 15.9. The van der Waals surface area contributed by atoms with Crippen LogP contribution in [0.5, 0.6) is 0 Å². The molecule has 0 unspecified atom stereocenters. The summed E-state index contributed by atoms with van der Waals surface area (Å²) in [5.41, 5.74) is 7.38. The van der Waals surface area contributed by atoms with Crippen molar-refractivity contribution < 1.29 is 13.2 Å². The summed E-state index contributed by atoms with van der Waals surface area (Å²) in [5, 5.41) is 2.75. The maximum Gasteiger partial charge on any atom is 0.244 e. The molecule has 0 spiro atoms. The molecule has 1 amide bonds. The Morgan fingerprint density at radius 3 is 2.52 bits per heavy atom. The molecule has 128 valence electrons. The van der Waals surface area contributed by atoms with Crippen molar-refractivity contribution in [1.29, 1.82) is 0 Å². The summed E-state index contributed by atoms with van der Waals surface area (Å²) < 4.78 is 27.7. The molecule has 0 saturated carbocycles. The second kappa shape index (κ2) is 7.06. The Morgan fingerprint density at radius 1 is 1.22 bits per heavy atom. The van der Waals surface area contributed by atoms with Gasteiger partial charge in [-0.15, -0.1) is 12.4 Å². The highest BCUT2D eigenvalue weighted by Crippen LogP contribution is 2.34. The number of piperidine rings is 1. The monoisotopic (exact) mass is 423 g/mol. The molecule has 1 aromatic rings. The Balaban J connectivity index is 0.00000192. The van der Waals surface area contributed by atoms with Gasteiger partial charge in [0.15, 0.2) is 0 Å². The van der Waals surface area contributed by atoms with E-state index < -0.39 is 10.0 Å². The van der Waals surface area contributed by atoms with Crippen molar-refractivity contribution >= 4 is 50.0 Å². The van der Waals surface area contributed by atoms with Crippen LogP contribution in [0, 0.1) is 0 Å². The van der Waals surface area contributed by atoms with Crippen molar-refractivity contribution in [3.63, 3.8) is 0 Å². The van der Waals surface area contributed by atoms with E-state index in [2.05, 4.69) is 21.2 Å². The molecule has 3 N–H and O–H groups in total. The molecule has 0 aromatic heterocycles. The topological polar surface area (TPSA) is 92.5 Å². The summed E-state index contributed by atoms with van der Waals surface area (Å²) >= 11 is 3.36. The summed E-state index contributed by atoms with van der Waals surface area (Å²) in [4.78, 5) is 11.7. The number of aryl methyl sites for hydroxylation is 1. The van der Waals surface area contributed by atoms with E-state index >= 15 is 0 Å². The number of sulfonamides is 1. The second-order valence-electron chi connectivity index (χ2n) is 5.73. The minimum Gasteiger partial charge on any atom is -0.328 e. The smallest absolute Gasteiger partial charge is 0.244 e. The molecule has 0 aliphatic carbocycles. The molecule has 1 aromatic carbocycles. The lowest BCUT2D eigenvalue weighted by molar-refractivity contribution is -0.116. The highest BCUT2D eigenvalue weighted by atomic mass is 79.9. The number of carbonyl (C=O) groups excluding carboxylic acids is 1. The fraction of sp³-hybridized carbons (Fsp3) is 0.500. The predicted octanol–water partition coefficient (Wildman–Crippen LogP) is 1.87. The van der Waals surface area contributed by atoms with E-state index in [4.69, 9.17) is 5.73 Å². The number of halogens is 2. The Labute approximate surface area is 150 Å². The Hall–Kier alpha value is -0.670. The van der Waals surface area contributed by atoms with Crippen LogP contribution in [-0.2, 0) is 21.2 Å². The van der Waals surface area contributed by atoms with Crippen molar-refractivity contribution in [1.82, 2.24) is 4.31 Å². The van der Waals surface area contributed by atoms with Gasteiger partial charge in [-0.25, -0.2) is 8.42 Å². The number of rotatable bonds is 2. The third-order valence-corrected chi connectivity index (χ3v) is 7.03. The van der Waals surface area contributed by atoms with E-state index in [1.165, 1.54) is 4.31 Å². The van der Waals surface area contributed by atoms with Gasteiger partial charge in [-0.1, -0.05) is 0 Å². The number of amides is 1. The van der Waals surface area contributed by atoms with E-state index in [0.717, 1.165) is 5.56 Å². The molecule has 0 radical (unpaired) electrons. The summed E-state index contributed by atoms with van der Waals surface area (Å²) in [6, 6.07) is 3.41. The van der Waals surface area contributed by atoms with E-state index in [1.54, 1.807) is 12.1 Å². The molecule has 2 aliphatic heterocycles. The van der Waals surface area contributed by atoms with Gasteiger partial charge >= 0.3 is 0 Å². The lowest BCUT2D eigenvalue weighted by atomic mass is 10.0. The van der Waals surface area contributed by atoms with Crippen LogP contribution < -0.4 is 11.1 Å². The second-order valence-corrected chi connectivity index (χ2v) is 8.49. The van der Waals surface area contributed by atoms with Gasteiger partial charge < -0.3 is 11.1 Å². The van der Waals surface area contributed by atoms with Crippen LogP contribution in [0.15, 0.2) is 21.5 Å². The SMILES string of the molecule is Cl.NC1CCN(S(=O)(=O)c2cc3c(cc2Br)CCC(=O)N3)CC1. The maximum atomic E-state index is 12.8. The standard InChI is InChI=1S/C14H18BrN3O3S.ClH/c15-11-7-9-1-2-14(19)17-12(9)8-13(11)22(20,21)18-5-3-10(16)4-6-18;/h7-8,10H,1-6,16H2,(H,17,19);1H. The molecule has 0 bridgehead atoms. The molecular formula is C14H19BrClN3O3S. The van der Waals surface area contributed by atoms with Crippen molar-refractivity contribution in [2.24, 2.45) is 5.73 Å². The number of carbonyl (C=O) groups is 1. The van der Waals surface area contributed by atoms with Gasteiger partial charge in [-0.05, 0) is 52.9 Å². The average Bonchev–Trinajstić information content (AvgIpc) is 2.47. The fourth-order valence-corrected chi connectivity index (χ4v) is 5.38. The number of benzene rings is 1. The molecular weight excluding hydrogens is 406 g/mol. The molecule has 1 saturated heterocycles. The molecule has 1 fully saturated rings. The molecule has 2 heterocycles. The van der Waals surface area contributed by atoms with Crippen LogP contribution in [0.4, 0.5) is 5.69 Å². The third kappa shape index (κ3) is 3.71. The lowest BCUT2D eigenvalue weighted by Crippen LogP contribution is -2.42. The zero-order valence-electron chi connectivity index (χ0n) is 12.4. The number of hydrogen-bond donors (Lipinski definition) is 2. The number of anilines is 1. The minimum absolute atomic E-state index is 0. The Morgan fingerprint density at radius 2 is 1.87 bits per heavy atom. The minimum atomic E-state index is -3.59. The van der Waals surface area contributed by atoms with E-state index in [-0.39, 0.29) is 29.3 Å². The quantitative estimate of drug-likeness (QED) is 0.758. The number of nitrogens with one attached hydrogen (secondary N) is 1. The third-order valence-electron chi connectivity index (χ3n) is 4.17. The first-order chi connectivity index (χ1) is 10.4. The number of fused-ring (bicyclic) bond motifs is 1. The van der Waals surface area contributed by atoms with Crippen molar-refractivity contribution in [3.05, 3.63) is 22.2 Å². The van der Waals surface area contributed by atoms with Gasteiger partial charge in [-0.2, -0.15) is 4.31 Å². The van der Waals surface area contributed by atoms with Crippen molar-refractivity contribution in [2.45, 2.75) is 36.6 Å². The zero-order valence-corrected chi connectivity index (χ0v) is 15.6. The highest BCUT2D eigenvalue weighted by Gasteiger charge is 2.31. The molecule has 9 heteroatoms. The number of nitrogens with two attached hydrogens (primary N) is 1. The summed E-state index contributed by atoms with van der Waals surface area (Å²) in [7, 11) is -3.59. The summed E-state index contributed by atoms with van der Waals surface area (Å²) in [5.74, 6) is -0.0814. The number of hydrogen-bond acceptors (Lipinski definition) is 4. The van der Waals surface area contributed by atoms with E-state index in [9.17, 15) is 13.2 Å². The van der Waals surface area contributed by atoms with Crippen molar-refractivity contribution in [3.8, 4) is 0 Å². The average molecular weight is 425 g/mol. The molecule has 0 atom stereocenters. The highest BCUT2D eigenvalue weighted by molar-refractivity contribution is 9.10. The first-order valence-electron chi connectivity index (χ1n) is 7.26. The van der Waals surface area contributed by atoms with E-state index in [0.29, 0.717) is 48.9 Å². The summed E-state index contributed by atoms with van der Waals surface area (Å²) in [6.07, 6.45) is 2.38. The molecule has 3 rings (SSSR count). The van der Waals surface area contributed by atoms with Gasteiger partial charge in [0, 0.05) is 35.7 Å². The molecule has 6 nitrogen and oxygen atoms in total. The Kier molecular flexibility index (Phi) is 5.73. The van der Waals surface area contributed by atoms with Crippen LogP contribution in [0.2, 0.25) is 0 Å². The van der Waals surface area contributed by atoms with Crippen LogP contribution in [0.25, 0.3) is 0 Å². The van der Waals surface area contributed by atoms with Gasteiger partial charge in [0.05, 0.1) is 4.90 Å². The Bertz CT molecular complexity index is 718. The van der Waals surface area contributed by atoms with Gasteiger partial charge in [0.2, 0.25) is 15.9 Å². The van der Waals surface area contributed by atoms with Gasteiger partial charge in [-0.3, -0.25) is 4.79 Å². The van der Waals surface area contributed by atoms with Crippen LogP contribution >= 0.6 is 28.3 Å². The van der Waals surface area contributed by atoms with Crippen LogP contribution in [0.1, 0.15) is 24.8 Å². The normalized spacial score (nSPS) is 19.7.